The van der Waals surface area contributed by atoms with Crippen molar-refractivity contribution in [3.05, 3.63) is 39.4 Å². The summed E-state index contributed by atoms with van der Waals surface area (Å²) in [6.07, 6.45) is 1.02. The van der Waals surface area contributed by atoms with E-state index in [4.69, 9.17) is 0 Å². The molecule has 0 bridgehead atoms. The smallest absolute Gasteiger partial charge is 0.341 e. The maximum atomic E-state index is 13.4. The molecule has 0 spiro atoms. The second-order valence-corrected chi connectivity index (χ2v) is 7.94. The first-order valence-electron chi connectivity index (χ1n) is 10.0. The van der Waals surface area contributed by atoms with Crippen LogP contribution in [0.15, 0.2) is 18.2 Å². The topological polar surface area (TPSA) is 66.7 Å². The van der Waals surface area contributed by atoms with Crippen LogP contribution in [0.5, 0.6) is 0 Å². The number of likely N-dealkylation sites (tertiary alicyclic amines) is 1. The SMILES string of the molecule is CN(C(=O)Cc1ccc([N+](=O)[O-])cc1C(F)(F)F)C1CCCCC1N1CCCC1.Cl. The predicted octanol–water partition coefficient (Wildman–Crippen LogP) is 4.44. The molecule has 1 saturated carbocycles. The van der Waals surface area contributed by atoms with E-state index in [0.717, 1.165) is 63.7 Å². The van der Waals surface area contributed by atoms with Crippen LogP contribution in [-0.2, 0) is 17.4 Å². The lowest BCUT2D eigenvalue weighted by Crippen LogP contribution is -2.53. The second-order valence-electron chi connectivity index (χ2n) is 7.94. The Balaban J connectivity index is 0.00000320. The molecule has 1 aliphatic heterocycles. The van der Waals surface area contributed by atoms with E-state index in [1.54, 1.807) is 11.9 Å². The minimum Gasteiger partial charge on any atom is -0.341 e. The molecule has 2 unspecified atom stereocenters. The fourth-order valence-electron chi connectivity index (χ4n) is 4.61. The quantitative estimate of drug-likeness (QED) is 0.492. The monoisotopic (exact) mass is 449 g/mol. The number of rotatable bonds is 5. The van der Waals surface area contributed by atoms with Crippen LogP contribution in [-0.4, -0.2) is 52.9 Å². The lowest BCUT2D eigenvalue weighted by molar-refractivity contribution is -0.385. The van der Waals surface area contributed by atoms with Crippen molar-refractivity contribution in [2.75, 3.05) is 20.1 Å². The number of nitro groups is 1. The largest absolute Gasteiger partial charge is 0.416 e. The van der Waals surface area contributed by atoms with Crippen molar-refractivity contribution < 1.29 is 22.9 Å². The third-order valence-corrected chi connectivity index (χ3v) is 6.15. The molecule has 0 aromatic heterocycles. The standard InChI is InChI=1S/C20H26F3N3O3.ClH/c1-24(17-6-2-3-7-18(17)25-10-4-5-11-25)19(27)12-14-8-9-15(26(28)29)13-16(14)20(21,22)23;/h8-9,13,17-18H,2-7,10-12H2,1H3;1H. The van der Waals surface area contributed by atoms with Crippen LogP contribution in [0.4, 0.5) is 18.9 Å². The number of benzene rings is 1. The van der Waals surface area contributed by atoms with E-state index in [1.165, 1.54) is 0 Å². The van der Waals surface area contributed by atoms with Crippen molar-refractivity contribution in [2.45, 2.75) is 63.2 Å². The van der Waals surface area contributed by atoms with Gasteiger partial charge in [0.2, 0.25) is 5.91 Å². The zero-order chi connectivity index (χ0) is 21.2. The summed E-state index contributed by atoms with van der Waals surface area (Å²) in [4.78, 5) is 26.9. The molecule has 2 aliphatic rings. The molecule has 168 valence electrons. The van der Waals surface area contributed by atoms with E-state index < -0.39 is 28.8 Å². The lowest BCUT2D eigenvalue weighted by atomic mass is 9.88. The van der Waals surface area contributed by atoms with Crippen molar-refractivity contribution in [2.24, 2.45) is 0 Å². The van der Waals surface area contributed by atoms with E-state index >= 15 is 0 Å². The van der Waals surface area contributed by atoms with E-state index in [0.29, 0.717) is 6.07 Å². The molecule has 1 saturated heterocycles. The first kappa shape index (κ1) is 24.4. The number of hydrogen-bond donors (Lipinski definition) is 0. The summed E-state index contributed by atoms with van der Waals surface area (Å²) < 4.78 is 40.2. The van der Waals surface area contributed by atoms with Crippen LogP contribution >= 0.6 is 12.4 Å². The third kappa shape index (κ3) is 5.43. The number of carbonyl (C=O) groups excluding carboxylic acids is 1. The Morgan fingerprint density at radius 2 is 1.83 bits per heavy atom. The molecule has 1 aromatic carbocycles. The first-order valence-corrected chi connectivity index (χ1v) is 10.0. The zero-order valence-corrected chi connectivity index (χ0v) is 17.7. The number of carbonyl (C=O) groups is 1. The van der Waals surface area contributed by atoms with Gasteiger partial charge in [-0.05, 0) is 44.3 Å². The molecular weight excluding hydrogens is 423 g/mol. The molecule has 1 aliphatic carbocycles. The summed E-state index contributed by atoms with van der Waals surface area (Å²) in [7, 11) is 1.67. The number of amides is 1. The summed E-state index contributed by atoms with van der Waals surface area (Å²) >= 11 is 0. The predicted molar refractivity (Wildman–Crippen MR) is 109 cm³/mol. The number of likely N-dealkylation sites (N-methyl/N-ethyl adjacent to an activating group) is 1. The summed E-state index contributed by atoms with van der Waals surface area (Å²) in [6, 6.07) is 2.81. The molecule has 1 heterocycles. The van der Waals surface area contributed by atoms with E-state index in [1.807, 2.05) is 0 Å². The van der Waals surface area contributed by atoms with Crippen LogP contribution < -0.4 is 0 Å². The van der Waals surface area contributed by atoms with E-state index in [9.17, 15) is 28.1 Å². The summed E-state index contributed by atoms with van der Waals surface area (Å²) in [5.41, 5.74) is -1.98. The van der Waals surface area contributed by atoms with Gasteiger partial charge in [0.1, 0.15) is 0 Å². The molecule has 10 heteroatoms. The molecule has 1 aromatic rings. The molecule has 2 atom stereocenters. The average Bonchev–Trinajstić information content (AvgIpc) is 3.21. The fourth-order valence-corrected chi connectivity index (χ4v) is 4.61. The van der Waals surface area contributed by atoms with Gasteiger partial charge >= 0.3 is 6.18 Å². The van der Waals surface area contributed by atoms with Gasteiger partial charge < -0.3 is 4.90 Å². The van der Waals surface area contributed by atoms with Crippen LogP contribution in [0.1, 0.15) is 49.7 Å². The molecule has 0 radical (unpaired) electrons. The Hall–Kier alpha value is -1.87. The average molecular weight is 450 g/mol. The van der Waals surface area contributed by atoms with Gasteiger partial charge in [-0.15, -0.1) is 12.4 Å². The van der Waals surface area contributed by atoms with Crippen molar-refractivity contribution in [3.8, 4) is 0 Å². The molecule has 3 rings (SSSR count). The van der Waals surface area contributed by atoms with Gasteiger partial charge in [-0.1, -0.05) is 18.9 Å². The second kappa shape index (κ2) is 9.96. The number of non-ortho nitro benzene ring substituents is 1. The normalized spacial score (nSPS) is 22.4. The Morgan fingerprint density at radius 3 is 2.43 bits per heavy atom. The molecule has 6 nitrogen and oxygen atoms in total. The maximum Gasteiger partial charge on any atom is 0.416 e. The van der Waals surface area contributed by atoms with Gasteiger partial charge in [-0.25, -0.2) is 0 Å². The highest BCUT2D eigenvalue weighted by Gasteiger charge is 2.38. The van der Waals surface area contributed by atoms with Crippen molar-refractivity contribution in [1.29, 1.82) is 0 Å². The molecule has 0 N–H and O–H groups in total. The summed E-state index contributed by atoms with van der Waals surface area (Å²) in [6.45, 7) is 2.01. The summed E-state index contributed by atoms with van der Waals surface area (Å²) in [5, 5.41) is 10.8. The lowest BCUT2D eigenvalue weighted by Gasteiger charge is -2.42. The molecule has 1 amide bonds. The number of nitro benzene ring substituents is 1. The maximum absolute atomic E-state index is 13.4. The van der Waals surface area contributed by atoms with Crippen LogP contribution in [0, 0.1) is 10.1 Å². The highest BCUT2D eigenvalue weighted by molar-refractivity contribution is 5.85. The fraction of sp³-hybridized carbons (Fsp3) is 0.650. The van der Waals surface area contributed by atoms with Crippen molar-refractivity contribution >= 4 is 24.0 Å². The number of alkyl halides is 3. The Labute approximate surface area is 180 Å². The zero-order valence-electron chi connectivity index (χ0n) is 16.9. The van der Waals surface area contributed by atoms with Gasteiger partial charge in [-0.3, -0.25) is 19.8 Å². The van der Waals surface area contributed by atoms with Crippen LogP contribution in [0.2, 0.25) is 0 Å². The van der Waals surface area contributed by atoms with E-state index in [2.05, 4.69) is 4.90 Å². The molecule has 30 heavy (non-hydrogen) atoms. The van der Waals surface area contributed by atoms with Crippen LogP contribution in [0.3, 0.4) is 0 Å². The number of nitrogens with zero attached hydrogens (tertiary/aromatic N) is 3. The van der Waals surface area contributed by atoms with Crippen molar-refractivity contribution in [3.63, 3.8) is 0 Å². The van der Waals surface area contributed by atoms with Crippen LogP contribution in [0.25, 0.3) is 0 Å². The van der Waals surface area contributed by atoms with Gasteiger partial charge in [0, 0.05) is 31.3 Å². The van der Waals surface area contributed by atoms with Crippen molar-refractivity contribution in [1.82, 2.24) is 9.80 Å². The summed E-state index contributed by atoms with van der Waals surface area (Å²) in [5.74, 6) is -0.388. The third-order valence-electron chi connectivity index (χ3n) is 6.15. The molecule has 2 fully saturated rings. The molecular formula is C20H27ClF3N3O3. The van der Waals surface area contributed by atoms with Gasteiger partial charge in [0.25, 0.3) is 5.69 Å². The number of halogens is 4. The minimum atomic E-state index is -4.76. The Kier molecular flexibility index (Phi) is 8.10. The number of hydrogen-bond acceptors (Lipinski definition) is 4. The highest BCUT2D eigenvalue weighted by atomic mass is 35.5. The van der Waals surface area contributed by atoms with Gasteiger partial charge in [-0.2, -0.15) is 13.2 Å². The Bertz CT molecular complexity index is 769. The van der Waals surface area contributed by atoms with Gasteiger partial charge in [0.05, 0.1) is 16.9 Å². The highest BCUT2D eigenvalue weighted by Crippen LogP contribution is 2.35. The minimum absolute atomic E-state index is 0. The van der Waals surface area contributed by atoms with E-state index in [-0.39, 0.29) is 36.0 Å². The van der Waals surface area contributed by atoms with Gasteiger partial charge in [0.15, 0.2) is 0 Å². The first-order chi connectivity index (χ1) is 13.7. The Morgan fingerprint density at radius 1 is 1.20 bits per heavy atom.